The maximum atomic E-state index is 12.6. The first-order chi connectivity index (χ1) is 11.8. The van der Waals surface area contributed by atoms with Gasteiger partial charge in [0.1, 0.15) is 11.2 Å². The molecule has 0 aromatic carbocycles. The lowest BCUT2D eigenvalue weighted by atomic mass is 10.2. The van der Waals surface area contributed by atoms with E-state index >= 15 is 0 Å². The zero-order valence-corrected chi connectivity index (χ0v) is 13.8. The number of hydrogen-bond acceptors (Lipinski definition) is 4. The zero-order chi connectivity index (χ0) is 16.5. The lowest BCUT2D eigenvalue weighted by Crippen LogP contribution is -2.15. The summed E-state index contributed by atoms with van der Waals surface area (Å²) in [4.78, 5) is 24.6. The fourth-order valence-electron chi connectivity index (χ4n) is 3.57. The molecule has 3 heterocycles. The number of nitrogens with one attached hydrogen (secondary N) is 1. The number of rotatable bonds is 4. The summed E-state index contributed by atoms with van der Waals surface area (Å²) in [6, 6.07) is 6.13. The summed E-state index contributed by atoms with van der Waals surface area (Å²) >= 11 is 0. The minimum atomic E-state index is -0.0907. The van der Waals surface area contributed by atoms with E-state index in [0.717, 1.165) is 36.3 Å². The lowest BCUT2D eigenvalue weighted by molar-refractivity contribution is 0.474. The molecule has 0 amide bonds. The standard InChI is InChI=1S/C18H21N5O/c1-2-14-16-17(23(22-14)13-8-3-4-9-13)20-15(21-18(16)24)11-12-7-5-6-10-19-12/h5-7,10,13H,2-4,8-9,11H2,1H3,(H,20,21,24). The van der Waals surface area contributed by atoms with E-state index in [2.05, 4.69) is 9.97 Å². The maximum absolute atomic E-state index is 12.6. The molecule has 1 aliphatic carbocycles. The Kier molecular flexibility index (Phi) is 3.88. The van der Waals surface area contributed by atoms with Gasteiger partial charge in [-0.15, -0.1) is 0 Å². The Bertz CT molecular complexity index is 906. The maximum Gasteiger partial charge on any atom is 0.262 e. The second-order valence-corrected chi connectivity index (χ2v) is 6.39. The van der Waals surface area contributed by atoms with Crippen LogP contribution in [0, 0.1) is 0 Å². The van der Waals surface area contributed by atoms with Crippen molar-refractivity contribution < 1.29 is 0 Å². The molecule has 3 aromatic heterocycles. The third-order valence-corrected chi connectivity index (χ3v) is 4.76. The van der Waals surface area contributed by atoms with Crippen molar-refractivity contribution in [2.75, 3.05) is 0 Å². The fourth-order valence-corrected chi connectivity index (χ4v) is 3.57. The largest absolute Gasteiger partial charge is 0.310 e. The summed E-state index contributed by atoms with van der Waals surface area (Å²) in [6.45, 7) is 2.03. The molecular formula is C18H21N5O. The topological polar surface area (TPSA) is 76.5 Å². The predicted octanol–water partition coefficient (Wildman–Crippen LogP) is 2.78. The van der Waals surface area contributed by atoms with E-state index in [1.165, 1.54) is 12.8 Å². The van der Waals surface area contributed by atoms with Crippen LogP contribution >= 0.6 is 0 Å². The van der Waals surface area contributed by atoms with Crippen LogP contribution in [0.2, 0.25) is 0 Å². The SMILES string of the molecule is CCc1nn(C2CCCC2)c2nc(Cc3ccccn3)[nH]c(=O)c12. The molecular weight excluding hydrogens is 302 g/mol. The number of nitrogens with zero attached hydrogens (tertiary/aromatic N) is 4. The number of pyridine rings is 1. The number of hydrogen-bond donors (Lipinski definition) is 1. The van der Waals surface area contributed by atoms with Gasteiger partial charge in [0.2, 0.25) is 0 Å². The van der Waals surface area contributed by atoms with Crippen molar-refractivity contribution in [1.82, 2.24) is 24.7 Å². The highest BCUT2D eigenvalue weighted by Gasteiger charge is 2.24. The second kappa shape index (κ2) is 6.19. The summed E-state index contributed by atoms with van der Waals surface area (Å²) in [5.74, 6) is 0.646. The summed E-state index contributed by atoms with van der Waals surface area (Å²) < 4.78 is 2.00. The lowest BCUT2D eigenvalue weighted by Gasteiger charge is -2.10. The quantitative estimate of drug-likeness (QED) is 0.801. The first-order valence-corrected chi connectivity index (χ1v) is 8.66. The number of aryl methyl sites for hydroxylation is 1. The van der Waals surface area contributed by atoms with E-state index in [4.69, 9.17) is 10.1 Å². The summed E-state index contributed by atoms with van der Waals surface area (Å²) in [5, 5.41) is 5.36. The predicted molar refractivity (Wildman–Crippen MR) is 92.1 cm³/mol. The van der Waals surface area contributed by atoms with E-state index in [0.29, 0.717) is 23.7 Å². The first-order valence-electron chi connectivity index (χ1n) is 8.66. The molecule has 0 saturated heterocycles. The number of fused-ring (bicyclic) bond motifs is 1. The Hall–Kier alpha value is -2.50. The second-order valence-electron chi connectivity index (χ2n) is 6.39. The minimum Gasteiger partial charge on any atom is -0.310 e. The molecule has 3 aromatic rings. The van der Waals surface area contributed by atoms with Gasteiger partial charge in [-0.2, -0.15) is 5.10 Å². The summed E-state index contributed by atoms with van der Waals surface area (Å²) in [6.07, 6.45) is 7.68. The number of aromatic nitrogens is 5. The van der Waals surface area contributed by atoms with Gasteiger partial charge in [0.25, 0.3) is 5.56 Å². The van der Waals surface area contributed by atoms with Crippen molar-refractivity contribution in [3.63, 3.8) is 0 Å². The van der Waals surface area contributed by atoms with Crippen molar-refractivity contribution in [2.45, 2.75) is 51.5 Å². The highest BCUT2D eigenvalue weighted by Crippen LogP contribution is 2.31. The summed E-state index contributed by atoms with van der Waals surface area (Å²) in [5.41, 5.74) is 2.37. The highest BCUT2D eigenvalue weighted by molar-refractivity contribution is 5.77. The molecule has 0 radical (unpaired) electrons. The molecule has 0 atom stereocenters. The van der Waals surface area contributed by atoms with Crippen molar-refractivity contribution in [3.8, 4) is 0 Å². The average Bonchev–Trinajstić information content (AvgIpc) is 3.23. The van der Waals surface area contributed by atoms with Gasteiger partial charge in [0.05, 0.1) is 11.7 Å². The van der Waals surface area contributed by atoms with Gasteiger partial charge in [-0.3, -0.25) is 9.78 Å². The molecule has 0 aliphatic heterocycles. The molecule has 4 rings (SSSR count). The van der Waals surface area contributed by atoms with Gasteiger partial charge in [0.15, 0.2) is 5.65 Å². The molecule has 124 valence electrons. The Morgan fingerprint density at radius 2 is 2.12 bits per heavy atom. The molecule has 6 heteroatoms. The molecule has 6 nitrogen and oxygen atoms in total. The normalized spacial score (nSPS) is 15.4. The molecule has 1 saturated carbocycles. The Morgan fingerprint density at radius 3 is 2.83 bits per heavy atom. The number of aromatic amines is 1. The molecule has 0 bridgehead atoms. The van der Waals surface area contributed by atoms with Crippen molar-refractivity contribution >= 4 is 11.0 Å². The Morgan fingerprint density at radius 1 is 1.29 bits per heavy atom. The van der Waals surface area contributed by atoms with Crippen LogP contribution < -0.4 is 5.56 Å². The van der Waals surface area contributed by atoms with E-state index in [1.807, 2.05) is 29.8 Å². The van der Waals surface area contributed by atoms with E-state index in [1.54, 1.807) is 6.20 Å². The van der Waals surface area contributed by atoms with Gasteiger partial charge in [-0.05, 0) is 31.4 Å². The Balaban J connectivity index is 1.83. The van der Waals surface area contributed by atoms with Crippen molar-refractivity contribution in [2.24, 2.45) is 0 Å². The number of H-pyrrole nitrogens is 1. The first kappa shape index (κ1) is 15.1. The van der Waals surface area contributed by atoms with E-state index in [9.17, 15) is 4.79 Å². The van der Waals surface area contributed by atoms with Gasteiger partial charge in [-0.1, -0.05) is 25.8 Å². The van der Waals surface area contributed by atoms with Crippen LogP contribution in [-0.4, -0.2) is 24.7 Å². The van der Waals surface area contributed by atoms with E-state index in [-0.39, 0.29) is 5.56 Å². The molecule has 1 aliphatic rings. The van der Waals surface area contributed by atoms with Crippen LogP contribution in [0.5, 0.6) is 0 Å². The van der Waals surface area contributed by atoms with Crippen molar-refractivity contribution in [1.29, 1.82) is 0 Å². The van der Waals surface area contributed by atoms with Crippen LogP contribution in [-0.2, 0) is 12.8 Å². The van der Waals surface area contributed by atoms with Crippen LogP contribution in [0.25, 0.3) is 11.0 Å². The van der Waals surface area contributed by atoms with Gasteiger partial charge < -0.3 is 4.98 Å². The minimum absolute atomic E-state index is 0.0907. The van der Waals surface area contributed by atoms with Gasteiger partial charge in [0, 0.05) is 18.3 Å². The molecule has 0 spiro atoms. The Labute approximate surface area is 140 Å². The van der Waals surface area contributed by atoms with Crippen LogP contribution in [0.15, 0.2) is 29.2 Å². The molecule has 1 fully saturated rings. The molecule has 1 N–H and O–H groups in total. The smallest absolute Gasteiger partial charge is 0.262 e. The fraction of sp³-hybridized carbons (Fsp3) is 0.444. The molecule has 24 heavy (non-hydrogen) atoms. The van der Waals surface area contributed by atoms with Crippen molar-refractivity contribution in [3.05, 3.63) is 52.0 Å². The van der Waals surface area contributed by atoms with Crippen LogP contribution in [0.3, 0.4) is 0 Å². The average molecular weight is 323 g/mol. The monoisotopic (exact) mass is 323 g/mol. The highest BCUT2D eigenvalue weighted by atomic mass is 16.1. The van der Waals surface area contributed by atoms with Crippen LogP contribution in [0.1, 0.15) is 55.9 Å². The van der Waals surface area contributed by atoms with E-state index < -0.39 is 0 Å². The third-order valence-electron chi connectivity index (χ3n) is 4.76. The summed E-state index contributed by atoms with van der Waals surface area (Å²) in [7, 11) is 0. The third kappa shape index (κ3) is 2.62. The van der Waals surface area contributed by atoms with Crippen LogP contribution in [0.4, 0.5) is 0 Å². The van der Waals surface area contributed by atoms with Gasteiger partial charge in [-0.25, -0.2) is 9.67 Å². The zero-order valence-electron chi connectivity index (χ0n) is 13.8. The molecule has 0 unspecified atom stereocenters. The van der Waals surface area contributed by atoms with Gasteiger partial charge >= 0.3 is 0 Å².